The Hall–Kier alpha value is -2.92. The van der Waals surface area contributed by atoms with Gasteiger partial charge in [0.25, 0.3) is 0 Å². The summed E-state index contributed by atoms with van der Waals surface area (Å²) in [7, 11) is 0. The first-order valence-corrected chi connectivity index (χ1v) is 8.31. The standard InChI is InChI=1S/C19H13NO3S/c21-11-13-3-6-15(7-4-13)22-12-14-5-8-17-16(10-14)20-19(23-17)18-2-1-9-24-18/h1-11H,12H2. The van der Waals surface area contributed by atoms with Gasteiger partial charge in [0, 0.05) is 5.56 Å². The Morgan fingerprint density at radius 3 is 2.75 bits per heavy atom. The van der Waals surface area contributed by atoms with Crippen molar-refractivity contribution in [3.63, 3.8) is 0 Å². The van der Waals surface area contributed by atoms with E-state index >= 15 is 0 Å². The third-order valence-corrected chi connectivity index (χ3v) is 4.46. The summed E-state index contributed by atoms with van der Waals surface area (Å²) in [6.07, 6.45) is 0.813. The minimum absolute atomic E-state index is 0.428. The molecule has 2 heterocycles. The summed E-state index contributed by atoms with van der Waals surface area (Å²) in [4.78, 5) is 16.2. The van der Waals surface area contributed by atoms with E-state index in [1.165, 1.54) is 0 Å². The highest BCUT2D eigenvalue weighted by Gasteiger charge is 2.09. The predicted octanol–water partition coefficient (Wildman–Crippen LogP) is 4.95. The van der Waals surface area contributed by atoms with E-state index in [1.54, 1.807) is 35.6 Å². The molecule has 4 rings (SSSR count). The number of hydrogen-bond acceptors (Lipinski definition) is 5. The summed E-state index contributed by atoms with van der Waals surface area (Å²) in [6, 6.07) is 16.8. The number of aromatic nitrogens is 1. The van der Waals surface area contributed by atoms with Crippen molar-refractivity contribution in [3.05, 3.63) is 71.1 Å². The molecule has 0 bridgehead atoms. The highest BCUT2D eigenvalue weighted by Crippen LogP contribution is 2.28. The molecule has 118 valence electrons. The number of aldehydes is 1. The van der Waals surface area contributed by atoms with Crippen molar-refractivity contribution in [3.8, 4) is 16.5 Å². The van der Waals surface area contributed by atoms with Gasteiger partial charge in [-0.25, -0.2) is 4.98 Å². The van der Waals surface area contributed by atoms with Gasteiger partial charge in [0.2, 0.25) is 5.89 Å². The van der Waals surface area contributed by atoms with E-state index in [1.807, 2.05) is 35.7 Å². The summed E-state index contributed by atoms with van der Waals surface area (Å²) in [5, 5.41) is 2.00. The maximum atomic E-state index is 10.7. The smallest absolute Gasteiger partial charge is 0.237 e. The van der Waals surface area contributed by atoms with E-state index < -0.39 is 0 Å². The molecule has 0 unspecified atom stereocenters. The second kappa shape index (κ2) is 6.29. The van der Waals surface area contributed by atoms with Crippen molar-refractivity contribution < 1.29 is 13.9 Å². The fourth-order valence-corrected chi connectivity index (χ4v) is 3.03. The molecule has 0 radical (unpaired) electrons. The third-order valence-electron chi connectivity index (χ3n) is 3.61. The first-order valence-electron chi connectivity index (χ1n) is 7.43. The van der Waals surface area contributed by atoms with E-state index in [4.69, 9.17) is 9.15 Å². The quantitative estimate of drug-likeness (QED) is 0.484. The van der Waals surface area contributed by atoms with Crippen molar-refractivity contribution in [1.29, 1.82) is 0 Å². The van der Waals surface area contributed by atoms with Gasteiger partial charge in [-0.05, 0) is 53.4 Å². The molecule has 0 N–H and O–H groups in total. The summed E-state index contributed by atoms with van der Waals surface area (Å²) in [5.74, 6) is 1.36. The zero-order chi connectivity index (χ0) is 16.4. The van der Waals surface area contributed by atoms with Crippen LogP contribution in [0.1, 0.15) is 15.9 Å². The minimum Gasteiger partial charge on any atom is -0.489 e. The molecular weight excluding hydrogens is 322 g/mol. The van der Waals surface area contributed by atoms with E-state index in [2.05, 4.69) is 4.98 Å². The first kappa shape index (κ1) is 14.7. The van der Waals surface area contributed by atoms with Crippen molar-refractivity contribution in [1.82, 2.24) is 4.98 Å². The number of carbonyl (C=O) groups excluding carboxylic acids is 1. The topological polar surface area (TPSA) is 52.3 Å². The molecule has 2 aromatic carbocycles. The normalized spacial score (nSPS) is 10.8. The maximum absolute atomic E-state index is 10.7. The molecule has 0 spiro atoms. The van der Waals surface area contributed by atoms with Crippen LogP contribution in [0.3, 0.4) is 0 Å². The second-order valence-electron chi connectivity index (χ2n) is 5.27. The molecule has 0 aliphatic carbocycles. The van der Waals surface area contributed by atoms with Crippen LogP contribution in [0.4, 0.5) is 0 Å². The molecule has 24 heavy (non-hydrogen) atoms. The first-order chi connectivity index (χ1) is 11.8. The molecule has 0 atom stereocenters. The molecule has 5 heteroatoms. The zero-order valence-electron chi connectivity index (χ0n) is 12.6. The lowest BCUT2D eigenvalue weighted by molar-refractivity contribution is 0.112. The van der Waals surface area contributed by atoms with Crippen LogP contribution >= 0.6 is 11.3 Å². The van der Waals surface area contributed by atoms with Gasteiger partial charge in [0.05, 0.1) is 4.88 Å². The number of oxazole rings is 1. The molecule has 4 nitrogen and oxygen atoms in total. The Morgan fingerprint density at radius 1 is 1.12 bits per heavy atom. The highest BCUT2D eigenvalue weighted by molar-refractivity contribution is 7.13. The minimum atomic E-state index is 0.428. The number of carbonyl (C=O) groups is 1. The van der Waals surface area contributed by atoms with Crippen LogP contribution in [0.5, 0.6) is 5.75 Å². The van der Waals surface area contributed by atoms with Crippen LogP contribution in [-0.2, 0) is 6.61 Å². The van der Waals surface area contributed by atoms with Gasteiger partial charge in [-0.3, -0.25) is 4.79 Å². The van der Waals surface area contributed by atoms with Crippen LogP contribution in [0.15, 0.2) is 64.4 Å². The Kier molecular flexibility index (Phi) is 3.84. The lowest BCUT2D eigenvalue weighted by Crippen LogP contribution is -1.95. The van der Waals surface area contributed by atoms with Crippen LogP contribution in [0.2, 0.25) is 0 Å². The average Bonchev–Trinajstić information content (AvgIpc) is 3.29. The number of nitrogens with zero attached hydrogens (tertiary/aromatic N) is 1. The van der Waals surface area contributed by atoms with Crippen LogP contribution in [-0.4, -0.2) is 11.3 Å². The monoisotopic (exact) mass is 335 g/mol. The number of rotatable bonds is 5. The summed E-state index contributed by atoms with van der Waals surface area (Å²) in [6.45, 7) is 0.428. The van der Waals surface area contributed by atoms with E-state index in [0.29, 0.717) is 18.1 Å². The number of hydrogen-bond donors (Lipinski definition) is 0. The highest BCUT2D eigenvalue weighted by atomic mass is 32.1. The zero-order valence-corrected chi connectivity index (χ0v) is 13.5. The fraction of sp³-hybridized carbons (Fsp3) is 0.0526. The summed E-state index contributed by atoms with van der Waals surface area (Å²) >= 11 is 1.60. The molecule has 0 saturated carbocycles. The molecule has 0 aliphatic heterocycles. The Morgan fingerprint density at radius 2 is 2.00 bits per heavy atom. The average molecular weight is 335 g/mol. The summed E-state index contributed by atoms with van der Waals surface area (Å²) in [5.41, 5.74) is 3.22. The molecule has 0 amide bonds. The van der Waals surface area contributed by atoms with Crippen LogP contribution in [0, 0.1) is 0 Å². The van der Waals surface area contributed by atoms with Gasteiger partial charge in [-0.1, -0.05) is 12.1 Å². The van der Waals surface area contributed by atoms with Crippen LogP contribution < -0.4 is 4.74 Å². The van der Waals surface area contributed by atoms with E-state index in [0.717, 1.165) is 33.6 Å². The largest absolute Gasteiger partial charge is 0.489 e. The van der Waals surface area contributed by atoms with Crippen molar-refractivity contribution >= 4 is 28.7 Å². The Bertz CT molecular complexity index is 972. The SMILES string of the molecule is O=Cc1ccc(OCc2ccc3oc(-c4cccs4)nc3c2)cc1. The molecule has 4 aromatic rings. The van der Waals surface area contributed by atoms with Crippen LogP contribution in [0.25, 0.3) is 21.9 Å². The number of benzene rings is 2. The molecule has 0 saturated heterocycles. The van der Waals surface area contributed by atoms with Crippen molar-refractivity contribution in [2.75, 3.05) is 0 Å². The van der Waals surface area contributed by atoms with Gasteiger partial charge in [0.1, 0.15) is 24.2 Å². The molecule has 2 aromatic heterocycles. The fourth-order valence-electron chi connectivity index (χ4n) is 2.38. The number of thiophene rings is 1. The molecule has 0 fully saturated rings. The second-order valence-corrected chi connectivity index (χ2v) is 6.22. The van der Waals surface area contributed by atoms with Gasteiger partial charge >= 0.3 is 0 Å². The van der Waals surface area contributed by atoms with Gasteiger partial charge in [-0.15, -0.1) is 11.3 Å². The predicted molar refractivity (Wildman–Crippen MR) is 93.5 cm³/mol. The van der Waals surface area contributed by atoms with E-state index in [-0.39, 0.29) is 0 Å². The van der Waals surface area contributed by atoms with E-state index in [9.17, 15) is 4.79 Å². The van der Waals surface area contributed by atoms with Crippen molar-refractivity contribution in [2.24, 2.45) is 0 Å². The summed E-state index contributed by atoms with van der Waals surface area (Å²) < 4.78 is 11.5. The lowest BCUT2D eigenvalue weighted by Gasteiger charge is -2.06. The van der Waals surface area contributed by atoms with Gasteiger partial charge in [-0.2, -0.15) is 0 Å². The van der Waals surface area contributed by atoms with Gasteiger partial charge < -0.3 is 9.15 Å². The molecule has 0 aliphatic rings. The number of fused-ring (bicyclic) bond motifs is 1. The number of ether oxygens (including phenoxy) is 1. The maximum Gasteiger partial charge on any atom is 0.237 e. The molecular formula is C19H13NO3S. The van der Waals surface area contributed by atoms with Crippen molar-refractivity contribution in [2.45, 2.75) is 6.61 Å². The Labute approximate surface area is 142 Å². The van der Waals surface area contributed by atoms with Gasteiger partial charge in [0.15, 0.2) is 5.58 Å². The lowest BCUT2D eigenvalue weighted by atomic mass is 10.2. The Balaban J connectivity index is 1.52. The third kappa shape index (κ3) is 2.94.